The molecular weight excluding hydrogens is 294 g/mol. The van der Waals surface area contributed by atoms with Gasteiger partial charge in [-0.1, -0.05) is 36.4 Å². The average molecular weight is 313 g/mol. The highest BCUT2D eigenvalue weighted by Gasteiger charge is 2.17. The zero-order valence-electron chi connectivity index (χ0n) is 12.9. The molecule has 1 N–H and O–H groups in total. The van der Waals surface area contributed by atoms with Gasteiger partial charge in [-0.05, 0) is 31.2 Å². The number of amides is 1. The SMILES string of the molecule is CC(OC(=O)CCOc1ccccc1)C(=O)Nc1ccccc1. The van der Waals surface area contributed by atoms with E-state index in [9.17, 15) is 9.59 Å². The molecule has 120 valence electrons. The molecule has 0 aliphatic rings. The summed E-state index contributed by atoms with van der Waals surface area (Å²) in [7, 11) is 0. The molecule has 0 aromatic heterocycles. The predicted octanol–water partition coefficient (Wildman–Crippen LogP) is 3.03. The minimum atomic E-state index is -0.862. The molecule has 1 amide bonds. The minimum absolute atomic E-state index is 0.0812. The molecule has 2 aromatic carbocycles. The Morgan fingerprint density at radius 2 is 1.61 bits per heavy atom. The molecule has 5 nitrogen and oxygen atoms in total. The number of rotatable bonds is 7. The van der Waals surface area contributed by atoms with Crippen molar-refractivity contribution in [2.45, 2.75) is 19.4 Å². The van der Waals surface area contributed by atoms with Crippen LogP contribution in [0.15, 0.2) is 60.7 Å². The molecule has 0 radical (unpaired) electrons. The van der Waals surface area contributed by atoms with Crippen LogP contribution in [-0.4, -0.2) is 24.6 Å². The van der Waals surface area contributed by atoms with E-state index in [0.717, 1.165) is 0 Å². The van der Waals surface area contributed by atoms with Crippen molar-refractivity contribution in [3.8, 4) is 5.75 Å². The number of hydrogen-bond donors (Lipinski definition) is 1. The van der Waals surface area contributed by atoms with Crippen LogP contribution in [0, 0.1) is 0 Å². The van der Waals surface area contributed by atoms with Gasteiger partial charge in [-0.25, -0.2) is 0 Å². The van der Waals surface area contributed by atoms with E-state index in [1.54, 1.807) is 24.3 Å². The normalized spacial score (nSPS) is 11.3. The van der Waals surface area contributed by atoms with Gasteiger partial charge in [0.05, 0.1) is 13.0 Å². The van der Waals surface area contributed by atoms with Crippen molar-refractivity contribution in [1.82, 2.24) is 0 Å². The summed E-state index contributed by atoms with van der Waals surface area (Å²) in [5.74, 6) is -0.152. The van der Waals surface area contributed by atoms with Crippen LogP contribution in [0.25, 0.3) is 0 Å². The number of carbonyl (C=O) groups is 2. The molecule has 0 aliphatic heterocycles. The summed E-state index contributed by atoms with van der Waals surface area (Å²) >= 11 is 0. The molecule has 0 aliphatic carbocycles. The van der Waals surface area contributed by atoms with E-state index in [2.05, 4.69) is 5.32 Å². The summed E-state index contributed by atoms with van der Waals surface area (Å²) in [5, 5.41) is 2.68. The smallest absolute Gasteiger partial charge is 0.310 e. The number of anilines is 1. The van der Waals surface area contributed by atoms with Crippen molar-refractivity contribution >= 4 is 17.6 Å². The maximum Gasteiger partial charge on any atom is 0.310 e. The molecule has 23 heavy (non-hydrogen) atoms. The predicted molar refractivity (Wildman–Crippen MR) is 87.2 cm³/mol. The Morgan fingerprint density at radius 1 is 1.00 bits per heavy atom. The van der Waals surface area contributed by atoms with Crippen molar-refractivity contribution in [3.05, 3.63) is 60.7 Å². The van der Waals surface area contributed by atoms with Crippen LogP contribution >= 0.6 is 0 Å². The molecule has 2 rings (SSSR count). The lowest BCUT2D eigenvalue weighted by atomic mass is 10.3. The first kappa shape index (κ1) is 16.5. The number of para-hydroxylation sites is 2. The van der Waals surface area contributed by atoms with Crippen LogP contribution in [0.3, 0.4) is 0 Å². The van der Waals surface area contributed by atoms with Gasteiger partial charge in [-0.15, -0.1) is 0 Å². The third-order valence-electron chi connectivity index (χ3n) is 3.04. The maximum atomic E-state index is 11.9. The van der Waals surface area contributed by atoms with Crippen LogP contribution in [-0.2, 0) is 14.3 Å². The third-order valence-corrected chi connectivity index (χ3v) is 3.04. The van der Waals surface area contributed by atoms with Crippen LogP contribution < -0.4 is 10.1 Å². The van der Waals surface area contributed by atoms with Gasteiger partial charge >= 0.3 is 5.97 Å². The van der Waals surface area contributed by atoms with Crippen molar-refractivity contribution in [3.63, 3.8) is 0 Å². The van der Waals surface area contributed by atoms with E-state index in [0.29, 0.717) is 11.4 Å². The zero-order chi connectivity index (χ0) is 16.5. The van der Waals surface area contributed by atoms with E-state index in [-0.39, 0.29) is 18.9 Å². The Hall–Kier alpha value is -2.82. The molecule has 0 saturated carbocycles. The van der Waals surface area contributed by atoms with E-state index in [4.69, 9.17) is 9.47 Å². The zero-order valence-corrected chi connectivity index (χ0v) is 12.9. The number of ether oxygens (including phenoxy) is 2. The molecule has 0 heterocycles. The highest BCUT2D eigenvalue weighted by atomic mass is 16.5. The molecule has 5 heteroatoms. The summed E-state index contributed by atoms with van der Waals surface area (Å²) in [5.41, 5.74) is 0.660. The monoisotopic (exact) mass is 313 g/mol. The molecule has 1 unspecified atom stereocenters. The second kappa shape index (κ2) is 8.58. The standard InChI is InChI=1S/C18H19NO4/c1-14(18(21)19-15-8-4-2-5-9-15)23-17(20)12-13-22-16-10-6-3-7-11-16/h2-11,14H,12-13H2,1H3,(H,19,21). The number of benzene rings is 2. The Morgan fingerprint density at radius 3 is 2.26 bits per heavy atom. The number of hydrogen-bond acceptors (Lipinski definition) is 4. The van der Waals surface area contributed by atoms with Crippen LogP contribution in [0.1, 0.15) is 13.3 Å². The largest absolute Gasteiger partial charge is 0.493 e. The number of esters is 1. The van der Waals surface area contributed by atoms with Gasteiger partial charge in [-0.3, -0.25) is 9.59 Å². The van der Waals surface area contributed by atoms with Gasteiger partial charge in [-0.2, -0.15) is 0 Å². The first-order valence-corrected chi connectivity index (χ1v) is 7.38. The fourth-order valence-electron chi connectivity index (χ4n) is 1.84. The van der Waals surface area contributed by atoms with Crippen LogP contribution in [0.5, 0.6) is 5.75 Å². The van der Waals surface area contributed by atoms with Gasteiger partial charge in [0.25, 0.3) is 5.91 Å². The fraction of sp³-hybridized carbons (Fsp3) is 0.222. The van der Waals surface area contributed by atoms with E-state index < -0.39 is 12.1 Å². The van der Waals surface area contributed by atoms with E-state index >= 15 is 0 Å². The molecular formula is C18H19NO4. The minimum Gasteiger partial charge on any atom is -0.493 e. The van der Waals surface area contributed by atoms with E-state index in [1.165, 1.54) is 6.92 Å². The Bertz CT molecular complexity index is 628. The van der Waals surface area contributed by atoms with Crippen molar-refractivity contribution in [1.29, 1.82) is 0 Å². The van der Waals surface area contributed by atoms with Crippen molar-refractivity contribution in [2.24, 2.45) is 0 Å². The van der Waals surface area contributed by atoms with Crippen molar-refractivity contribution in [2.75, 3.05) is 11.9 Å². The lowest BCUT2D eigenvalue weighted by molar-refractivity contribution is -0.153. The van der Waals surface area contributed by atoms with E-state index in [1.807, 2.05) is 36.4 Å². The molecule has 0 spiro atoms. The second-order valence-corrected chi connectivity index (χ2v) is 4.90. The van der Waals surface area contributed by atoms with Gasteiger partial charge in [0, 0.05) is 5.69 Å². The van der Waals surface area contributed by atoms with Crippen molar-refractivity contribution < 1.29 is 19.1 Å². The molecule has 1 atom stereocenters. The highest BCUT2D eigenvalue weighted by Crippen LogP contribution is 2.09. The fourth-order valence-corrected chi connectivity index (χ4v) is 1.84. The maximum absolute atomic E-state index is 11.9. The molecule has 0 fully saturated rings. The summed E-state index contributed by atoms with van der Waals surface area (Å²) in [6.45, 7) is 1.74. The summed E-state index contributed by atoms with van der Waals surface area (Å²) in [6, 6.07) is 18.2. The van der Waals surface area contributed by atoms with Crippen LogP contribution in [0.4, 0.5) is 5.69 Å². The lowest BCUT2D eigenvalue weighted by Crippen LogP contribution is -2.30. The molecule has 0 saturated heterocycles. The molecule has 2 aromatic rings. The van der Waals surface area contributed by atoms with Gasteiger partial charge in [0.2, 0.25) is 0 Å². The Kier molecular flexibility index (Phi) is 6.17. The Balaban J connectivity index is 1.70. The average Bonchev–Trinajstić information content (AvgIpc) is 2.56. The topological polar surface area (TPSA) is 64.6 Å². The highest BCUT2D eigenvalue weighted by molar-refractivity contribution is 5.95. The lowest BCUT2D eigenvalue weighted by Gasteiger charge is -2.13. The summed E-state index contributed by atoms with van der Waals surface area (Å²) in [6.07, 6.45) is -0.780. The Labute approximate surface area is 135 Å². The van der Waals surface area contributed by atoms with Crippen LogP contribution in [0.2, 0.25) is 0 Å². The number of carbonyl (C=O) groups excluding carboxylic acids is 2. The summed E-state index contributed by atoms with van der Waals surface area (Å²) in [4.78, 5) is 23.6. The first-order chi connectivity index (χ1) is 11.1. The summed E-state index contributed by atoms with van der Waals surface area (Å²) < 4.78 is 10.5. The first-order valence-electron chi connectivity index (χ1n) is 7.38. The van der Waals surface area contributed by atoms with Gasteiger partial charge in [0.1, 0.15) is 5.75 Å². The quantitative estimate of drug-likeness (QED) is 0.798. The van der Waals surface area contributed by atoms with Gasteiger partial charge in [0.15, 0.2) is 6.10 Å². The molecule has 0 bridgehead atoms. The third kappa shape index (κ3) is 5.82. The van der Waals surface area contributed by atoms with Gasteiger partial charge < -0.3 is 14.8 Å². The second-order valence-electron chi connectivity index (χ2n) is 4.90. The number of nitrogens with one attached hydrogen (secondary N) is 1.